The Kier molecular flexibility index (Phi) is 3.43. The van der Waals surface area contributed by atoms with Crippen LogP contribution in [0.15, 0.2) is 30.6 Å². The van der Waals surface area contributed by atoms with Crippen molar-refractivity contribution < 1.29 is 9.90 Å². The normalized spacial score (nSPS) is 10.1. The molecule has 2 N–H and O–H groups in total. The molecule has 0 atom stereocenters. The van der Waals surface area contributed by atoms with E-state index in [1.54, 1.807) is 6.07 Å². The Balaban J connectivity index is 2.23. The molecule has 0 aliphatic carbocycles. The van der Waals surface area contributed by atoms with Gasteiger partial charge in [0.25, 0.3) is 0 Å². The van der Waals surface area contributed by atoms with Crippen LogP contribution in [0.5, 0.6) is 0 Å². The van der Waals surface area contributed by atoms with E-state index in [9.17, 15) is 4.79 Å². The third-order valence-corrected chi connectivity index (χ3v) is 2.59. The Bertz CT molecular complexity index is 584. The number of aromatic carboxylic acids is 1. The standard InChI is InChI=1S/C12H10ClN3O2/c1-7-2-3-8(13)9(4-7)16-11-6-14-10(5-15-11)12(17)18/h2-6H,1H3,(H,15,16)(H,17,18). The van der Waals surface area contributed by atoms with Crippen molar-refractivity contribution >= 4 is 29.1 Å². The van der Waals surface area contributed by atoms with Gasteiger partial charge in [-0.3, -0.25) is 0 Å². The highest BCUT2D eigenvalue weighted by Gasteiger charge is 2.06. The molecule has 0 saturated carbocycles. The van der Waals surface area contributed by atoms with Crippen molar-refractivity contribution in [1.82, 2.24) is 9.97 Å². The van der Waals surface area contributed by atoms with E-state index in [-0.39, 0.29) is 5.69 Å². The first-order valence-corrected chi connectivity index (χ1v) is 5.52. The summed E-state index contributed by atoms with van der Waals surface area (Å²) in [6.45, 7) is 1.95. The maximum atomic E-state index is 10.6. The molecule has 1 heterocycles. The summed E-state index contributed by atoms with van der Waals surface area (Å²) in [4.78, 5) is 18.3. The predicted molar refractivity (Wildman–Crippen MR) is 68.5 cm³/mol. The summed E-state index contributed by atoms with van der Waals surface area (Å²) in [5, 5.41) is 12.2. The number of hydrogen-bond donors (Lipinski definition) is 2. The van der Waals surface area contributed by atoms with Gasteiger partial charge >= 0.3 is 5.97 Å². The summed E-state index contributed by atoms with van der Waals surface area (Å²) in [5.41, 5.74) is 1.65. The summed E-state index contributed by atoms with van der Waals surface area (Å²) in [6.07, 6.45) is 2.54. The maximum Gasteiger partial charge on any atom is 0.356 e. The average molecular weight is 264 g/mol. The lowest BCUT2D eigenvalue weighted by molar-refractivity contribution is 0.0690. The monoisotopic (exact) mass is 263 g/mol. The van der Waals surface area contributed by atoms with E-state index in [4.69, 9.17) is 16.7 Å². The van der Waals surface area contributed by atoms with E-state index in [2.05, 4.69) is 15.3 Å². The molecule has 0 unspecified atom stereocenters. The molecule has 0 saturated heterocycles. The van der Waals surface area contributed by atoms with Gasteiger partial charge in [0.2, 0.25) is 0 Å². The third kappa shape index (κ3) is 2.75. The largest absolute Gasteiger partial charge is 0.476 e. The second-order valence-corrected chi connectivity index (χ2v) is 4.11. The van der Waals surface area contributed by atoms with E-state index < -0.39 is 5.97 Å². The molecule has 0 spiro atoms. The Morgan fingerprint density at radius 1 is 1.33 bits per heavy atom. The first kappa shape index (κ1) is 12.3. The molecule has 0 bridgehead atoms. The minimum Gasteiger partial charge on any atom is -0.476 e. The second kappa shape index (κ2) is 5.01. The number of benzene rings is 1. The van der Waals surface area contributed by atoms with Crippen LogP contribution in [0.3, 0.4) is 0 Å². The SMILES string of the molecule is Cc1ccc(Cl)c(Nc2cnc(C(=O)O)cn2)c1. The molecule has 1 aromatic heterocycles. The van der Waals surface area contributed by atoms with Crippen LogP contribution in [-0.4, -0.2) is 21.0 Å². The molecule has 1 aromatic carbocycles. The van der Waals surface area contributed by atoms with Gasteiger partial charge in [0, 0.05) is 0 Å². The summed E-state index contributed by atoms with van der Waals surface area (Å²) < 4.78 is 0. The van der Waals surface area contributed by atoms with Crippen LogP contribution in [0.4, 0.5) is 11.5 Å². The van der Waals surface area contributed by atoms with E-state index in [0.29, 0.717) is 16.5 Å². The number of aryl methyl sites for hydroxylation is 1. The van der Waals surface area contributed by atoms with Crippen molar-refractivity contribution in [2.24, 2.45) is 0 Å². The smallest absolute Gasteiger partial charge is 0.356 e. The number of nitrogens with zero attached hydrogens (tertiary/aromatic N) is 2. The lowest BCUT2D eigenvalue weighted by atomic mass is 10.2. The number of hydrogen-bond acceptors (Lipinski definition) is 4. The fraction of sp³-hybridized carbons (Fsp3) is 0.0833. The van der Waals surface area contributed by atoms with Crippen molar-refractivity contribution in [3.63, 3.8) is 0 Å². The zero-order valence-electron chi connectivity index (χ0n) is 9.51. The summed E-state index contributed by atoms with van der Waals surface area (Å²) >= 11 is 6.02. The van der Waals surface area contributed by atoms with Crippen LogP contribution in [0.25, 0.3) is 0 Å². The van der Waals surface area contributed by atoms with Crippen LogP contribution in [-0.2, 0) is 0 Å². The van der Waals surface area contributed by atoms with E-state index in [1.807, 2.05) is 19.1 Å². The summed E-state index contributed by atoms with van der Waals surface area (Å²) in [7, 11) is 0. The number of rotatable bonds is 3. The van der Waals surface area contributed by atoms with Gasteiger partial charge in [-0.15, -0.1) is 0 Å². The van der Waals surface area contributed by atoms with Gasteiger partial charge in [-0.2, -0.15) is 0 Å². The van der Waals surface area contributed by atoms with Crippen molar-refractivity contribution in [3.8, 4) is 0 Å². The van der Waals surface area contributed by atoms with Gasteiger partial charge in [-0.1, -0.05) is 17.7 Å². The maximum absolute atomic E-state index is 10.6. The van der Waals surface area contributed by atoms with Crippen LogP contribution in [0.1, 0.15) is 16.1 Å². The lowest BCUT2D eigenvalue weighted by Crippen LogP contribution is -2.03. The van der Waals surface area contributed by atoms with Crippen molar-refractivity contribution in [2.75, 3.05) is 5.32 Å². The van der Waals surface area contributed by atoms with Gasteiger partial charge in [-0.25, -0.2) is 14.8 Å². The minimum absolute atomic E-state index is 0.101. The fourth-order valence-electron chi connectivity index (χ4n) is 1.38. The number of nitrogens with one attached hydrogen (secondary N) is 1. The molecule has 18 heavy (non-hydrogen) atoms. The molecule has 0 radical (unpaired) electrons. The number of carboxylic acid groups (broad SMARTS) is 1. The average Bonchev–Trinajstić information content (AvgIpc) is 2.34. The first-order valence-electron chi connectivity index (χ1n) is 5.15. The molecule has 92 valence electrons. The molecular weight excluding hydrogens is 254 g/mol. The van der Waals surface area contributed by atoms with Crippen molar-refractivity contribution in [1.29, 1.82) is 0 Å². The summed E-state index contributed by atoms with van der Waals surface area (Å²) in [5.74, 6) is -0.671. The van der Waals surface area contributed by atoms with Gasteiger partial charge in [-0.05, 0) is 24.6 Å². The second-order valence-electron chi connectivity index (χ2n) is 3.70. The molecule has 0 amide bonds. The van der Waals surface area contributed by atoms with Gasteiger partial charge in [0.1, 0.15) is 5.82 Å². The molecule has 5 nitrogen and oxygen atoms in total. The van der Waals surface area contributed by atoms with Crippen LogP contribution < -0.4 is 5.32 Å². The van der Waals surface area contributed by atoms with Crippen LogP contribution in [0, 0.1) is 6.92 Å². The van der Waals surface area contributed by atoms with Crippen molar-refractivity contribution in [2.45, 2.75) is 6.92 Å². The molecule has 6 heteroatoms. The number of halogens is 1. The number of anilines is 2. The van der Waals surface area contributed by atoms with E-state index in [1.165, 1.54) is 12.4 Å². The topological polar surface area (TPSA) is 75.1 Å². The van der Waals surface area contributed by atoms with Gasteiger partial charge < -0.3 is 10.4 Å². The number of carboxylic acids is 1. The lowest BCUT2D eigenvalue weighted by Gasteiger charge is -2.08. The Hall–Kier alpha value is -2.14. The van der Waals surface area contributed by atoms with Gasteiger partial charge in [0.15, 0.2) is 5.69 Å². The highest BCUT2D eigenvalue weighted by molar-refractivity contribution is 6.33. The molecule has 2 rings (SSSR count). The minimum atomic E-state index is -1.11. The fourth-order valence-corrected chi connectivity index (χ4v) is 1.54. The molecule has 0 fully saturated rings. The molecular formula is C12H10ClN3O2. The quantitative estimate of drug-likeness (QED) is 0.891. The molecule has 0 aliphatic rings. The molecule has 0 aliphatic heterocycles. The zero-order valence-corrected chi connectivity index (χ0v) is 10.3. The van der Waals surface area contributed by atoms with Crippen molar-refractivity contribution in [3.05, 3.63) is 46.9 Å². The number of carbonyl (C=O) groups is 1. The highest BCUT2D eigenvalue weighted by Crippen LogP contribution is 2.25. The van der Waals surface area contributed by atoms with Crippen LogP contribution in [0.2, 0.25) is 5.02 Å². The number of aromatic nitrogens is 2. The zero-order chi connectivity index (χ0) is 13.1. The van der Waals surface area contributed by atoms with E-state index >= 15 is 0 Å². The Morgan fingerprint density at radius 2 is 2.11 bits per heavy atom. The van der Waals surface area contributed by atoms with Crippen LogP contribution >= 0.6 is 11.6 Å². The van der Waals surface area contributed by atoms with E-state index in [0.717, 1.165) is 5.56 Å². The summed E-state index contributed by atoms with van der Waals surface area (Å²) in [6, 6.07) is 5.54. The Labute approximate surface area is 108 Å². The first-order chi connectivity index (χ1) is 8.56. The third-order valence-electron chi connectivity index (χ3n) is 2.26. The Morgan fingerprint density at radius 3 is 2.72 bits per heavy atom. The van der Waals surface area contributed by atoms with Gasteiger partial charge in [0.05, 0.1) is 23.1 Å². The predicted octanol–water partition coefficient (Wildman–Crippen LogP) is 2.88. The highest BCUT2D eigenvalue weighted by atomic mass is 35.5. The molecule has 2 aromatic rings.